The van der Waals surface area contributed by atoms with Gasteiger partial charge in [-0.2, -0.15) is 0 Å². The van der Waals surface area contributed by atoms with Crippen molar-refractivity contribution < 1.29 is 24.4 Å². The Bertz CT molecular complexity index is 1170. The molecule has 1 fully saturated rings. The molecule has 1 atom stereocenters. The van der Waals surface area contributed by atoms with Crippen molar-refractivity contribution in [1.82, 2.24) is 4.90 Å². The second kappa shape index (κ2) is 7.86. The molecule has 3 aromatic carbocycles. The van der Waals surface area contributed by atoms with E-state index in [2.05, 4.69) is 11.0 Å². The summed E-state index contributed by atoms with van der Waals surface area (Å²) in [6.07, 6.45) is 3.42. The maximum absolute atomic E-state index is 10.0. The summed E-state index contributed by atoms with van der Waals surface area (Å²) in [4.78, 5) is 2.57. The van der Waals surface area contributed by atoms with Crippen LogP contribution < -0.4 is 14.2 Å². The van der Waals surface area contributed by atoms with E-state index >= 15 is 0 Å². The summed E-state index contributed by atoms with van der Waals surface area (Å²) in [5, 5.41) is 24.2. The van der Waals surface area contributed by atoms with Crippen LogP contribution in [0, 0.1) is 0 Å². The maximum Gasteiger partial charge on any atom is 0.169 e. The number of fused-ring (bicyclic) bond motifs is 7. The van der Waals surface area contributed by atoms with Gasteiger partial charge in [0.25, 0.3) is 0 Å². The van der Waals surface area contributed by atoms with E-state index in [4.69, 9.17) is 14.2 Å². The lowest BCUT2D eigenvalue weighted by Crippen LogP contribution is -2.35. The van der Waals surface area contributed by atoms with Crippen molar-refractivity contribution in [3.63, 3.8) is 0 Å². The lowest BCUT2D eigenvalue weighted by molar-refractivity contribution is 0.229. The smallest absolute Gasteiger partial charge is 0.169 e. The lowest BCUT2D eigenvalue weighted by Gasteiger charge is -2.34. The Labute approximate surface area is 181 Å². The second-order valence-corrected chi connectivity index (χ2v) is 8.48. The van der Waals surface area contributed by atoms with Gasteiger partial charge in [-0.05, 0) is 71.3 Å². The number of nitrogens with zero attached hydrogens (tertiary/aromatic N) is 1. The Morgan fingerprint density at radius 2 is 1.61 bits per heavy atom. The monoisotopic (exact) mass is 423 g/mol. The molecule has 6 heteroatoms. The summed E-state index contributed by atoms with van der Waals surface area (Å²) in [6.45, 7) is 1.73. The lowest BCUT2D eigenvalue weighted by atomic mass is 9.83. The molecule has 3 aromatic rings. The van der Waals surface area contributed by atoms with Gasteiger partial charge in [-0.3, -0.25) is 4.90 Å². The maximum atomic E-state index is 10.0. The molecule has 1 unspecified atom stereocenters. The highest BCUT2D eigenvalue weighted by molar-refractivity contribution is 6.14. The average molecular weight is 424 g/mol. The van der Waals surface area contributed by atoms with Crippen molar-refractivity contribution in [1.29, 1.82) is 0 Å². The van der Waals surface area contributed by atoms with Crippen molar-refractivity contribution in [3.05, 3.63) is 40.5 Å². The number of aliphatic hydroxyl groups is 2. The van der Waals surface area contributed by atoms with Gasteiger partial charge in [0.15, 0.2) is 11.5 Å². The van der Waals surface area contributed by atoms with E-state index < -0.39 is 0 Å². The van der Waals surface area contributed by atoms with Gasteiger partial charge in [0.2, 0.25) is 0 Å². The third-order valence-electron chi connectivity index (χ3n) is 7.06. The molecule has 164 valence electrons. The van der Waals surface area contributed by atoms with E-state index in [9.17, 15) is 10.2 Å². The number of rotatable bonds is 5. The van der Waals surface area contributed by atoms with Crippen LogP contribution in [0.2, 0.25) is 0 Å². The minimum atomic E-state index is -0.148. The Morgan fingerprint density at radius 1 is 0.871 bits per heavy atom. The molecule has 6 nitrogen and oxygen atoms in total. The quantitative estimate of drug-likeness (QED) is 0.612. The first-order valence-electron chi connectivity index (χ1n) is 10.8. The van der Waals surface area contributed by atoms with Crippen LogP contribution in [-0.4, -0.2) is 49.0 Å². The molecule has 0 spiro atoms. The summed E-state index contributed by atoms with van der Waals surface area (Å²) in [6, 6.07) is 6.65. The van der Waals surface area contributed by atoms with Gasteiger partial charge in [-0.1, -0.05) is 0 Å². The van der Waals surface area contributed by atoms with Crippen molar-refractivity contribution in [2.45, 2.75) is 45.1 Å². The minimum absolute atomic E-state index is 0.103. The van der Waals surface area contributed by atoms with Crippen LogP contribution in [0.1, 0.15) is 35.1 Å². The van der Waals surface area contributed by atoms with Crippen LogP contribution in [-0.2, 0) is 26.2 Å². The fraction of sp³-hybridized carbons (Fsp3) is 0.440. The number of hydrogen-bond donors (Lipinski definition) is 2. The van der Waals surface area contributed by atoms with Crippen LogP contribution in [0.15, 0.2) is 18.2 Å². The number of aliphatic hydroxyl groups excluding tert-OH is 2. The first-order valence-corrected chi connectivity index (χ1v) is 10.8. The zero-order valence-corrected chi connectivity index (χ0v) is 18.3. The van der Waals surface area contributed by atoms with Crippen LogP contribution in [0.3, 0.4) is 0 Å². The Morgan fingerprint density at radius 3 is 2.29 bits per heavy atom. The highest BCUT2D eigenvalue weighted by Gasteiger charge is 2.34. The molecule has 5 rings (SSSR count). The Hall–Kier alpha value is -2.54. The number of benzene rings is 3. The van der Waals surface area contributed by atoms with Gasteiger partial charge >= 0.3 is 0 Å². The predicted molar refractivity (Wildman–Crippen MR) is 120 cm³/mol. The van der Waals surface area contributed by atoms with E-state index in [0.29, 0.717) is 28.9 Å². The number of methoxy groups -OCH3 is 3. The molecule has 0 amide bonds. The standard InChI is InChI=1S/C25H29NO5/c1-29-22-10-19-17(7-14(22)12-27)20-8-15(13-28)24(30-2)25(31-3)23(20)21-11-26-6-4-5-16(26)9-18(19)21/h7-8,10,16,27-28H,4-6,9,11-13H2,1-3H3. The Balaban J connectivity index is 1.96. The second-order valence-electron chi connectivity index (χ2n) is 8.48. The highest BCUT2D eigenvalue weighted by atomic mass is 16.5. The van der Waals surface area contributed by atoms with Crippen molar-refractivity contribution >= 4 is 21.5 Å². The molecular weight excluding hydrogens is 394 g/mol. The first kappa shape index (κ1) is 20.4. The fourth-order valence-corrected chi connectivity index (χ4v) is 5.65. The predicted octanol–water partition coefficient (Wildman–Crippen LogP) is 3.52. The average Bonchev–Trinajstić information content (AvgIpc) is 3.28. The fourth-order valence-electron chi connectivity index (χ4n) is 5.65. The zero-order valence-electron chi connectivity index (χ0n) is 18.3. The molecule has 2 aliphatic rings. The summed E-state index contributed by atoms with van der Waals surface area (Å²) in [5.74, 6) is 1.95. The molecule has 0 radical (unpaired) electrons. The highest BCUT2D eigenvalue weighted by Crippen LogP contribution is 2.48. The van der Waals surface area contributed by atoms with Gasteiger partial charge < -0.3 is 24.4 Å². The van der Waals surface area contributed by atoms with Crippen molar-refractivity contribution in [2.24, 2.45) is 0 Å². The SMILES string of the molecule is COc1cc2c3c(c4c(OC)c(OC)c(CO)cc4c2cc1CO)CN1CCCC1C3. The summed E-state index contributed by atoms with van der Waals surface area (Å²) >= 11 is 0. The third kappa shape index (κ3) is 2.97. The van der Waals surface area contributed by atoms with Crippen LogP contribution in [0.25, 0.3) is 21.5 Å². The number of hydrogen-bond acceptors (Lipinski definition) is 6. The van der Waals surface area contributed by atoms with Crippen LogP contribution >= 0.6 is 0 Å². The molecule has 2 aliphatic heterocycles. The largest absolute Gasteiger partial charge is 0.496 e. The van der Waals surface area contributed by atoms with Crippen LogP contribution in [0.4, 0.5) is 0 Å². The van der Waals surface area contributed by atoms with E-state index in [1.165, 1.54) is 24.0 Å². The minimum Gasteiger partial charge on any atom is -0.496 e. The molecule has 31 heavy (non-hydrogen) atoms. The first-order chi connectivity index (χ1) is 15.1. The summed E-state index contributed by atoms with van der Waals surface area (Å²) in [7, 11) is 4.91. The molecule has 0 aromatic heterocycles. The molecule has 0 saturated carbocycles. The van der Waals surface area contributed by atoms with Crippen molar-refractivity contribution in [3.8, 4) is 17.2 Å². The molecule has 0 bridgehead atoms. The normalized spacial score (nSPS) is 18.3. The summed E-state index contributed by atoms with van der Waals surface area (Å²) < 4.78 is 17.2. The Kier molecular flexibility index (Phi) is 5.16. The van der Waals surface area contributed by atoms with Gasteiger partial charge in [0, 0.05) is 29.1 Å². The topological polar surface area (TPSA) is 71.4 Å². The van der Waals surface area contributed by atoms with Gasteiger partial charge in [-0.25, -0.2) is 0 Å². The number of ether oxygens (including phenoxy) is 3. The third-order valence-corrected chi connectivity index (χ3v) is 7.06. The molecule has 2 N–H and O–H groups in total. The van der Waals surface area contributed by atoms with Gasteiger partial charge in [-0.15, -0.1) is 0 Å². The molecule has 0 aliphatic carbocycles. The van der Waals surface area contributed by atoms with E-state index in [1.807, 2.05) is 12.1 Å². The van der Waals surface area contributed by atoms with Gasteiger partial charge in [0.1, 0.15) is 5.75 Å². The zero-order chi connectivity index (χ0) is 21.7. The van der Waals surface area contributed by atoms with E-state index in [1.54, 1.807) is 21.3 Å². The summed E-state index contributed by atoms with van der Waals surface area (Å²) in [5.41, 5.74) is 4.02. The van der Waals surface area contributed by atoms with Crippen molar-refractivity contribution in [2.75, 3.05) is 27.9 Å². The van der Waals surface area contributed by atoms with Gasteiger partial charge in [0.05, 0.1) is 34.5 Å². The van der Waals surface area contributed by atoms with E-state index in [-0.39, 0.29) is 13.2 Å². The molecular formula is C25H29NO5. The van der Waals surface area contributed by atoms with Crippen LogP contribution in [0.5, 0.6) is 17.2 Å². The molecule has 2 heterocycles. The molecule has 1 saturated heterocycles. The van der Waals surface area contributed by atoms with E-state index in [0.717, 1.165) is 46.6 Å².